The van der Waals surface area contributed by atoms with Gasteiger partial charge in [-0.2, -0.15) is 0 Å². The molecule has 92 valence electrons. The number of aliphatic hydroxyl groups excluding tert-OH is 1. The first-order chi connectivity index (χ1) is 8.24. The molecule has 0 spiro atoms. The quantitative estimate of drug-likeness (QED) is 0.849. The van der Waals surface area contributed by atoms with Crippen molar-refractivity contribution in [1.29, 1.82) is 0 Å². The number of fused-ring (bicyclic) bond motifs is 3. The van der Waals surface area contributed by atoms with Crippen LogP contribution in [-0.4, -0.2) is 17.8 Å². The Morgan fingerprint density at radius 2 is 2.00 bits per heavy atom. The lowest BCUT2D eigenvalue weighted by Gasteiger charge is -2.61. The maximum absolute atomic E-state index is 10.4. The number of para-hydroxylation sites is 1. The topological polar surface area (TPSA) is 29.5 Å². The fourth-order valence-corrected chi connectivity index (χ4v) is 3.99. The molecule has 1 fully saturated rings. The summed E-state index contributed by atoms with van der Waals surface area (Å²) in [6.07, 6.45) is 1.89. The van der Waals surface area contributed by atoms with Gasteiger partial charge in [-0.3, -0.25) is 0 Å². The van der Waals surface area contributed by atoms with E-state index in [1.165, 1.54) is 5.56 Å². The smallest absolute Gasteiger partial charge is 0.122 e. The van der Waals surface area contributed by atoms with E-state index < -0.39 is 0 Å². The highest BCUT2D eigenvalue weighted by Crippen LogP contribution is 2.63. The van der Waals surface area contributed by atoms with Crippen molar-refractivity contribution < 1.29 is 9.84 Å². The summed E-state index contributed by atoms with van der Waals surface area (Å²) in [4.78, 5) is 0. The summed E-state index contributed by atoms with van der Waals surface area (Å²) >= 11 is 0. The zero-order chi connectivity index (χ0) is 12.0. The van der Waals surface area contributed by atoms with E-state index in [1.807, 2.05) is 12.1 Å². The molecule has 3 unspecified atom stereocenters. The Morgan fingerprint density at radius 3 is 2.71 bits per heavy atom. The van der Waals surface area contributed by atoms with Crippen molar-refractivity contribution in [3.8, 4) is 5.75 Å². The zero-order valence-corrected chi connectivity index (χ0v) is 10.5. The predicted molar refractivity (Wildman–Crippen MR) is 67.2 cm³/mol. The molecule has 1 heterocycles. The molecule has 3 atom stereocenters. The van der Waals surface area contributed by atoms with Crippen LogP contribution < -0.4 is 4.74 Å². The molecule has 1 aromatic rings. The van der Waals surface area contributed by atoms with Gasteiger partial charge in [0.2, 0.25) is 0 Å². The van der Waals surface area contributed by atoms with Crippen LogP contribution in [0.4, 0.5) is 0 Å². The molecule has 0 amide bonds. The van der Waals surface area contributed by atoms with E-state index in [-0.39, 0.29) is 11.5 Å². The third-order valence-corrected chi connectivity index (χ3v) is 5.04. The summed E-state index contributed by atoms with van der Waals surface area (Å²) in [5.41, 5.74) is 1.38. The van der Waals surface area contributed by atoms with Crippen molar-refractivity contribution in [2.24, 2.45) is 11.3 Å². The van der Waals surface area contributed by atoms with Gasteiger partial charge in [0.15, 0.2) is 0 Å². The first kappa shape index (κ1) is 11.1. The van der Waals surface area contributed by atoms with Crippen LogP contribution >= 0.6 is 0 Å². The Hall–Kier alpha value is -1.02. The normalized spacial score (nSPS) is 33.0. The molecule has 17 heavy (non-hydrogen) atoms. The standard InChI is InChI=1S/C15H20O2/c1-3-15(4-2)13-10-7-5-6-8-12(10)17-9-11(13)14(15)16/h5-8,11,13-14,16H,3-4,9H2,1-2H3. The van der Waals surface area contributed by atoms with Crippen LogP contribution in [0.5, 0.6) is 5.75 Å². The van der Waals surface area contributed by atoms with Crippen molar-refractivity contribution in [3.05, 3.63) is 29.8 Å². The first-order valence-electron chi connectivity index (χ1n) is 6.64. The van der Waals surface area contributed by atoms with Gasteiger partial charge >= 0.3 is 0 Å². The highest BCUT2D eigenvalue weighted by Gasteiger charge is 2.61. The second-order valence-electron chi connectivity index (χ2n) is 5.38. The van der Waals surface area contributed by atoms with E-state index in [4.69, 9.17) is 4.74 Å². The van der Waals surface area contributed by atoms with Gasteiger partial charge in [-0.05, 0) is 24.5 Å². The van der Waals surface area contributed by atoms with E-state index in [2.05, 4.69) is 26.0 Å². The maximum atomic E-state index is 10.4. The molecule has 0 bridgehead atoms. The minimum Gasteiger partial charge on any atom is -0.493 e. The van der Waals surface area contributed by atoms with Gasteiger partial charge in [-0.15, -0.1) is 0 Å². The minimum atomic E-state index is -0.198. The first-order valence-corrected chi connectivity index (χ1v) is 6.64. The number of hydrogen-bond acceptors (Lipinski definition) is 2. The lowest BCUT2D eigenvalue weighted by molar-refractivity contribution is -0.168. The average Bonchev–Trinajstić information content (AvgIpc) is 2.39. The van der Waals surface area contributed by atoms with Crippen LogP contribution in [0.25, 0.3) is 0 Å². The molecule has 1 aliphatic heterocycles. The van der Waals surface area contributed by atoms with Crippen molar-refractivity contribution in [3.63, 3.8) is 0 Å². The maximum Gasteiger partial charge on any atom is 0.122 e. The summed E-state index contributed by atoms with van der Waals surface area (Å²) in [7, 11) is 0. The Kier molecular flexibility index (Phi) is 2.44. The summed E-state index contributed by atoms with van der Waals surface area (Å²) in [6.45, 7) is 5.06. The molecule has 3 rings (SSSR count). The van der Waals surface area contributed by atoms with E-state index in [0.717, 1.165) is 18.6 Å². The summed E-state index contributed by atoms with van der Waals surface area (Å²) in [5.74, 6) is 1.80. The Bertz CT molecular complexity index is 423. The van der Waals surface area contributed by atoms with Crippen LogP contribution in [0.3, 0.4) is 0 Å². The monoisotopic (exact) mass is 232 g/mol. The Labute approximate surface area is 103 Å². The Morgan fingerprint density at radius 1 is 1.29 bits per heavy atom. The molecule has 1 saturated carbocycles. The molecule has 1 N–H and O–H groups in total. The second-order valence-corrected chi connectivity index (χ2v) is 5.38. The highest BCUT2D eigenvalue weighted by molar-refractivity contribution is 5.43. The van der Waals surface area contributed by atoms with Crippen molar-refractivity contribution in [2.45, 2.75) is 38.7 Å². The van der Waals surface area contributed by atoms with Gasteiger partial charge in [0.1, 0.15) is 5.75 Å². The van der Waals surface area contributed by atoms with Crippen LogP contribution in [0.1, 0.15) is 38.2 Å². The fourth-order valence-electron chi connectivity index (χ4n) is 3.99. The number of rotatable bonds is 2. The second kappa shape index (κ2) is 3.74. The fraction of sp³-hybridized carbons (Fsp3) is 0.600. The van der Waals surface area contributed by atoms with Crippen molar-refractivity contribution in [1.82, 2.24) is 0 Å². The third kappa shape index (κ3) is 1.25. The SMILES string of the molecule is CCC1(CC)C(O)C2COc3ccccc3C21. The van der Waals surface area contributed by atoms with E-state index in [9.17, 15) is 5.11 Å². The Balaban J connectivity index is 2.05. The van der Waals surface area contributed by atoms with Gasteiger partial charge in [-0.1, -0.05) is 32.0 Å². The molecule has 2 heteroatoms. The van der Waals surface area contributed by atoms with Crippen LogP contribution in [0.15, 0.2) is 24.3 Å². The highest BCUT2D eigenvalue weighted by atomic mass is 16.5. The largest absolute Gasteiger partial charge is 0.493 e. The lowest BCUT2D eigenvalue weighted by Crippen LogP contribution is -2.61. The van der Waals surface area contributed by atoms with Gasteiger partial charge in [0.25, 0.3) is 0 Å². The lowest BCUT2D eigenvalue weighted by atomic mass is 9.47. The molecule has 0 radical (unpaired) electrons. The molecule has 2 aliphatic rings. The van der Waals surface area contributed by atoms with Crippen molar-refractivity contribution >= 4 is 0 Å². The summed E-state index contributed by atoms with van der Waals surface area (Å²) in [5, 5.41) is 10.4. The van der Waals surface area contributed by atoms with E-state index >= 15 is 0 Å². The minimum absolute atomic E-state index is 0.0740. The number of ether oxygens (including phenoxy) is 1. The van der Waals surface area contributed by atoms with Gasteiger partial charge < -0.3 is 9.84 Å². The molecule has 1 aromatic carbocycles. The van der Waals surface area contributed by atoms with Crippen LogP contribution in [-0.2, 0) is 0 Å². The molecular formula is C15H20O2. The summed E-state index contributed by atoms with van der Waals surface area (Å²) < 4.78 is 5.75. The molecule has 0 aromatic heterocycles. The van der Waals surface area contributed by atoms with Crippen LogP contribution in [0.2, 0.25) is 0 Å². The number of benzene rings is 1. The van der Waals surface area contributed by atoms with Gasteiger partial charge in [-0.25, -0.2) is 0 Å². The predicted octanol–water partition coefficient (Wildman–Crippen LogP) is 2.96. The third-order valence-electron chi connectivity index (χ3n) is 5.04. The molecular weight excluding hydrogens is 212 g/mol. The molecule has 2 nitrogen and oxygen atoms in total. The van der Waals surface area contributed by atoms with Crippen molar-refractivity contribution in [2.75, 3.05) is 6.61 Å². The van der Waals surface area contributed by atoms with E-state index in [1.54, 1.807) is 0 Å². The molecule has 0 saturated heterocycles. The van der Waals surface area contributed by atoms with Gasteiger partial charge in [0.05, 0.1) is 12.7 Å². The van der Waals surface area contributed by atoms with Crippen LogP contribution in [0, 0.1) is 11.3 Å². The van der Waals surface area contributed by atoms with E-state index in [0.29, 0.717) is 18.4 Å². The number of aliphatic hydroxyl groups is 1. The number of hydrogen-bond donors (Lipinski definition) is 1. The molecule has 1 aliphatic carbocycles. The zero-order valence-electron chi connectivity index (χ0n) is 10.5. The average molecular weight is 232 g/mol. The van der Waals surface area contributed by atoms with Gasteiger partial charge in [0, 0.05) is 17.3 Å². The summed E-state index contributed by atoms with van der Waals surface area (Å²) in [6, 6.07) is 8.31.